The van der Waals surface area contributed by atoms with E-state index in [4.69, 9.17) is 4.74 Å². The molecule has 0 radical (unpaired) electrons. The Bertz CT molecular complexity index is 554. The molecule has 1 aromatic heterocycles. The third-order valence-corrected chi connectivity index (χ3v) is 5.52. The zero-order valence-corrected chi connectivity index (χ0v) is 14.2. The number of morpholine rings is 1. The van der Waals surface area contributed by atoms with Crippen molar-refractivity contribution in [3.63, 3.8) is 0 Å². The molecule has 0 saturated carbocycles. The largest absolute Gasteiger partial charge is 0.373 e. The van der Waals surface area contributed by atoms with Crippen molar-refractivity contribution in [1.29, 1.82) is 0 Å². The van der Waals surface area contributed by atoms with Crippen LogP contribution in [0.25, 0.3) is 0 Å². The molecule has 3 aliphatic heterocycles. The Morgan fingerprint density at radius 2 is 1.91 bits per heavy atom. The first-order valence-corrected chi connectivity index (χ1v) is 8.84. The van der Waals surface area contributed by atoms with Crippen LogP contribution in [0.3, 0.4) is 0 Å². The summed E-state index contributed by atoms with van der Waals surface area (Å²) >= 11 is 0. The van der Waals surface area contributed by atoms with E-state index >= 15 is 0 Å². The summed E-state index contributed by atoms with van der Waals surface area (Å²) in [5.41, 5.74) is 0. The lowest BCUT2D eigenvalue weighted by Gasteiger charge is -2.33. The monoisotopic (exact) mass is 317 g/mol. The van der Waals surface area contributed by atoms with E-state index in [1.807, 2.05) is 0 Å². The molecule has 3 aliphatic rings. The van der Waals surface area contributed by atoms with Gasteiger partial charge in [0, 0.05) is 38.8 Å². The second-order valence-corrected chi connectivity index (χ2v) is 7.29. The predicted octanol–water partition coefficient (Wildman–Crippen LogP) is 1.23. The van der Waals surface area contributed by atoms with Gasteiger partial charge < -0.3 is 14.5 Å². The third-order valence-electron chi connectivity index (χ3n) is 5.52. The molecule has 23 heavy (non-hydrogen) atoms. The van der Waals surface area contributed by atoms with Crippen molar-refractivity contribution in [2.45, 2.75) is 31.9 Å². The molecule has 6 nitrogen and oxygen atoms in total. The molecule has 1 aromatic rings. The summed E-state index contributed by atoms with van der Waals surface area (Å²) in [6, 6.07) is 2.65. The summed E-state index contributed by atoms with van der Waals surface area (Å²) in [5.74, 6) is 2.86. The normalized spacial score (nSPS) is 32.2. The Hall–Kier alpha value is -1.40. The Morgan fingerprint density at radius 1 is 1.09 bits per heavy atom. The van der Waals surface area contributed by atoms with Gasteiger partial charge in [-0.05, 0) is 25.8 Å². The molecule has 0 aromatic carbocycles. The fourth-order valence-corrected chi connectivity index (χ4v) is 4.13. The Morgan fingerprint density at radius 3 is 2.70 bits per heavy atom. The molecule has 4 heterocycles. The van der Waals surface area contributed by atoms with Gasteiger partial charge >= 0.3 is 0 Å². The summed E-state index contributed by atoms with van der Waals surface area (Å²) in [6.45, 7) is 8.33. The van der Waals surface area contributed by atoms with Crippen LogP contribution in [0.1, 0.15) is 19.8 Å². The summed E-state index contributed by atoms with van der Waals surface area (Å²) in [6.07, 6.45) is 4.61. The summed E-state index contributed by atoms with van der Waals surface area (Å²) in [7, 11) is 2.20. The van der Waals surface area contributed by atoms with Gasteiger partial charge in [0.2, 0.25) is 0 Å². The van der Waals surface area contributed by atoms with Crippen LogP contribution >= 0.6 is 0 Å². The van der Waals surface area contributed by atoms with Gasteiger partial charge in [0.25, 0.3) is 0 Å². The Labute approximate surface area is 138 Å². The summed E-state index contributed by atoms with van der Waals surface area (Å²) < 4.78 is 5.95. The van der Waals surface area contributed by atoms with Crippen molar-refractivity contribution in [1.82, 2.24) is 14.9 Å². The predicted molar refractivity (Wildman–Crippen MR) is 91.0 cm³/mol. The molecule has 0 spiro atoms. The van der Waals surface area contributed by atoms with E-state index in [-0.39, 0.29) is 0 Å². The molecule has 3 unspecified atom stereocenters. The molecule has 3 saturated heterocycles. The van der Waals surface area contributed by atoms with Crippen molar-refractivity contribution in [3.05, 3.63) is 12.4 Å². The van der Waals surface area contributed by atoms with Crippen molar-refractivity contribution in [2.24, 2.45) is 5.92 Å². The Balaban J connectivity index is 1.50. The lowest BCUT2D eigenvalue weighted by Crippen LogP contribution is -2.48. The molecule has 0 bridgehead atoms. The smallest absolute Gasteiger partial charge is 0.134 e. The number of piperidine rings is 1. The average molecular weight is 317 g/mol. The quantitative estimate of drug-likeness (QED) is 0.817. The van der Waals surface area contributed by atoms with E-state index in [0.717, 1.165) is 56.9 Å². The van der Waals surface area contributed by atoms with Gasteiger partial charge in [0.05, 0.1) is 18.8 Å². The first-order valence-electron chi connectivity index (χ1n) is 8.84. The van der Waals surface area contributed by atoms with Crippen LogP contribution in [-0.2, 0) is 4.74 Å². The summed E-state index contributed by atoms with van der Waals surface area (Å²) in [4.78, 5) is 16.2. The van der Waals surface area contributed by atoms with Crippen LogP contribution in [0.4, 0.5) is 11.6 Å². The maximum Gasteiger partial charge on any atom is 0.134 e. The van der Waals surface area contributed by atoms with Crippen LogP contribution in [-0.4, -0.2) is 73.4 Å². The molecule has 3 fully saturated rings. The van der Waals surface area contributed by atoms with Gasteiger partial charge in [-0.15, -0.1) is 0 Å². The maximum absolute atomic E-state index is 5.95. The number of aromatic nitrogens is 2. The SMILES string of the molecule is CC1CCCN(c2cc(N3CC4OCCN(C)C4C3)ncn2)C1. The van der Waals surface area contributed by atoms with Gasteiger partial charge in [-0.2, -0.15) is 0 Å². The molecule has 4 rings (SSSR count). The van der Waals surface area contributed by atoms with E-state index < -0.39 is 0 Å². The second kappa shape index (κ2) is 6.24. The number of hydrogen-bond acceptors (Lipinski definition) is 6. The first-order chi connectivity index (χ1) is 11.2. The minimum atomic E-state index is 0.308. The van der Waals surface area contributed by atoms with Crippen molar-refractivity contribution >= 4 is 11.6 Å². The zero-order chi connectivity index (χ0) is 15.8. The van der Waals surface area contributed by atoms with Crippen LogP contribution in [0.5, 0.6) is 0 Å². The number of anilines is 2. The highest BCUT2D eigenvalue weighted by Gasteiger charge is 2.39. The second-order valence-electron chi connectivity index (χ2n) is 7.29. The number of rotatable bonds is 2. The van der Waals surface area contributed by atoms with E-state index in [2.05, 4.69) is 44.7 Å². The molecule has 3 atom stereocenters. The van der Waals surface area contributed by atoms with E-state index in [1.165, 1.54) is 12.8 Å². The highest BCUT2D eigenvalue weighted by Crippen LogP contribution is 2.28. The molecular weight excluding hydrogens is 290 g/mol. The standard InChI is InChI=1S/C17H27N5O/c1-13-4-3-5-21(9-13)16-8-17(19-12-18-16)22-10-14-15(11-22)23-7-6-20(14)2/h8,12-15H,3-7,9-11H2,1-2H3. The van der Waals surface area contributed by atoms with Crippen LogP contribution < -0.4 is 9.80 Å². The topological polar surface area (TPSA) is 44.7 Å². The molecular formula is C17H27N5O. The van der Waals surface area contributed by atoms with Gasteiger partial charge in [-0.3, -0.25) is 4.90 Å². The lowest BCUT2D eigenvalue weighted by molar-refractivity contribution is -0.0362. The van der Waals surface area contributed by atoms with Crippen LogP contribution in [0, 0.1) is 5.92 Å². The maximum atomic E-state index is 5.95. The Kier molecular flexibility index (Phi) is 4.11. The third kappa shape index (κ3) is 3.02. The zero-order valence-electron chi connectivity index (χ0n) is 14.2. The van der Waals surface area contributed by atoms with Crippen molar-refractivity contribution < 1.29 is 4.74 Å². The van der Waals surface area contributed by atoms with Gasteiger partial charge in [-0.1, -0.05) is 6.92 Å². The molecule has 126 valence electrons. The average Bonchev–Trinajstić information content (AvgIpc) is 3.01. The van der Waals surface area contributed by atoms with E-state index in [1.54, 1.807) is 6.33 Å². The van der Waals surface area contributed by atoms with E-state index in [0.29, 0.717) is 12.1 Å². The number of nitrogens with zero attached hydrogens (tertiary/aromatic N) is 5. The highest BCUT2D eigenvalue weighted by atomic mass is 16.5. The van der Waals surface area contributed by atoms with Crippen molar-refractivity contribution in [3.8, 4) is 0 Å². The molecule has 6 heteroatoms. The fourth-order valence-electron chi connectivity index (χ4n) is 4.13. The lowest BCUT2D eigenvalue weighted by atomic mass is 10.0. The fraction of sp³-hybridized carbons (Fsp3) is 0.765. The van der Waals surface area contributed by atoms with Crippen LogP contribution in [0.15, 0.2) is 12.4 Å². The highest BCUT2D eigenvalue weighted by molar-refractivity contribution is 5.51. The van der Waals surface area contributed by atoms with E-state index in [9.17, 15) is 0 Å². The molecule has 0 amide bonds. The minimum absolute atomic E-state index is 0.308. The van der Waals surface area contributed by atoms with Crippen LogP contribution in [0.2, 0.25) is 0 Å². The first kappa shape index (κ1) is 15.1. The number of likely N-dealkylation sites (N-methyl/N-ethyl adjacent to an activating group) is 1. The molecule has 0 aliphatic carbocycles. The summed E-state index contributed by atoms with van der Waals surface area (Å²) in [5, 5.41) is 0. The minimum Gasteiger partial charge on any atom is -0.373 e. The number of ether oxygens (including phenoxy) is 1. The van der Waals surface area contributed by atoms with Gasteiger partial charge in [0.1, 0.15) is 18.0 Å². The molecule has 0 N–H and O–H groups in total. The number of hydrogen-bond donors (Lipinski definition) is 0. The van der Waals surface area contributed by atoms with Gasteiger partial charge in [-0.25, -0.2) is 9.97 Å². The number of fused-ring (bicyclic) bond motifs is 1. The van der Waals surface area contributed by atoms with Gasteiger partial charge in [0.15, 0.2) is 0 Å². The van der Waals surface area contributed by atoms with Crippen molar-refractivity contribution in [2.75, 3.05) is 56.2 Å².